The van der Waals surface area contributed by atoms with Crippen LogP contribution >= 0.6 is 11.8 Å². The summed E-state index contributed by atoms with van der Waals surface area (Å²) in [5, 5.41) is 11.1. The number of carbonyl (C=O) groups excluding carboxylic acids is 1. The number of thioether (sulfide) groups is 1. The van der Waals surface area contributed by atoms with E-state index in [1.165, 1.54) is 17.7 Å². The van der Waals surface area contributed by atoms with Crippen molar-refractivity contribution in [3.63, 3.8) is 0 Å². The molecule has 4 rings (SSSR count). The van der Waals surface area contributed by atoms with E-state index in [1.807, 2.05) is 28.8 Å². The molecule has 0 aromatic heterocycles. The van der Waals surface area contributed by atoms with Gasteiger partial charge in [-0.15, -0.1) is 0 Å². The van der Waals surface area contributed by atoms with E-state index in [0.717, 1.165) is 29.2 Å². The first kappa shape index (κ1) is 18.6. The second kappa shape index (κ2) is 8.10. The number of carbonyl (C=O) groups is 1. The first-order valence-corrected chi connectivity index (χ1v) is 10.2. The molecule has 2 aromatic carbocycles. The second-order valence-corrected chi connectivity index (χ2v) is 8.05. The van der Waals surface area contributed by atoms with E-state index >= 15 is 0 Å². The summed E-state index contributed by atoms with van der Waals surface area (Å²) in [5.41, 5.74) is 2.02. The van der Waals surface area contributed by atoms with Gasteiger partial charge in [-0.05, 0) is 29.7 Å². The number of non-ortho nitro benzene ring substituents is 1. The van der Waals surface area contributed by atoms with Crippen LogP contribution in [0.3, 0.4) is 0 Å². The van der Waals surface area contributed by atoms with Gasteiger partial charge in [0.15, 0.2) is 11.5 Å². The van der Waals surface area contributed by atoms with Crippen molar-refractivity contribution >= 4 is 23.4 Å². The Balaban J connectivity index is 1.36. The standard InChI is InChI=1S/C20H20N2O5S/c23-20(11-14-1-4-16(5-2-14)22(24)25)21-8-7-19(28-10-9-21)15-3-6-17-18(12-15)27-13-26-17/h1-6,12,19H,7-11,13H2. The number of nitro groups is 1. The number of rotatable bonds is 4. The molecule has 146 valence electrons. The molecule has 1 saturated heterocycles. The van der Waals surface area contributed by atoms with Crippen LogP contribution in [0.1, 0.15) is 22.8 Å². The third-order valence-electron chi connectivity index (χ3n) is 4.97. The predicted molar refractivity (Wildman–Crippen MR) is 106 cm³/mol. The van der Waals surface area contributed by atoms with Crippen LogP contribution in [0.2, 0.25) is 0 Å². The van der Waals surface area contributed by atoms with Crippen molar-refractivity contribution in [3.05, 3.63) is 63.7 Å². The molecule has 1 atom stereocenters. The van der Waals surface area contributed by atoms with Gasteiger partial charge in [-0.25, -0.2) is 0 Å². The molecule has 1 unspecified atom stereocenters. The molecule has 7 nitrogen and oxygen atoms in total. The lowest BCUT2D eigenvalue weighted by molar-refractivity contribution is -0.384. The van der Waals surface area contributed by atoms with Crippen molar-refractivity contribution < 1.29 is 19.2 Å². The van der Waals surface area contributed by atoms with Crippen molar-refractivity contribution in [2.75, 3.05) is 25.6 Å². The Morgan fingerprint density at radius 2 is 1.93 bits per heavy atom. The highest BCUT2D eigenvalue weighted by Crippen LogP contribution is 2.40. The van der Waals surface area contributed by atoms with Gasteiger partial charge in [-0.1, -0.05) is 18.2 Å². The average molecular weight is 400 g/mol. The Kier molecular flexibility index (Phi) is 5.38. The molecule has 0 saturated carbocycles. The van der Waals surface area contributed by atoms with E-state index in [-0.39, 0.29) is 24.8 Å². The number of hydrogen-bond acceptors (Lipinski definition) is 6. The minimum absolute atomic E-state index is 0.0361. The molecule has 0 spiro atoms. The van der Waals surface area contributed by atoms with E-state index in [4.69, 9.17) is 9.47 Å². The monoisotopic (exact) mass is 400 g/mol. The summed E-state index contributed by atoms with van der Waals surface area (Å²) in [6.07, 6.45) is 1.13. The van der Waals surface area contributed by atoms with E-state index < -0.39 is 4.92 Å². The van der Waals surface area contributed by atoms with Crippen LogP contribution < -0.4 is 9.47 Å². The van der Waals surface area contributed by atoms with Crippen LogP contribution in [0, 0.1) is 10.1 Å². The molecule has 2 aliphatic heterocycles. The van der Waals surface area contributed by atoms with Gasteiger partial charge in [0.1, 0.15) is 0 Å². The smallest absolute Gasteiger partial charge is 0.269 e. The lowest BCUT2D eigenvalue weighted by atomic mass is 10.1. The molecule has 28 heavy (non-hydrogen) atoms. The van der Waals surface area contributed by atoms with Gasteiger partial charge in [-0.2, -0.15) is 11.8 Å². The van der Waals surface area contributed by atoms with Crippen LogP contribution in [0.15, 0.2) is 42.5 Å². The van der Waals surface area contributed by atoms with Crippen LogP contribution in [0.4, 0.5) is 5.69 Å². The minimum atomic E-state index is -0.437. The molecule has 1 fully saturated rings. The largest absolute Gasteiger partial charge is 0.454 e. The van der Waals surface area contributed by atoms with Gasteiger partial charge >= 0.3 is 0 Å². The maximum atomic E-state index is 12.7. The van der Waals surface area contributed by atoms with Crippen LogP contribution in [0.5, 0.6) is 11.5 Å². The van der Waals surface area contributed by atoms with Crippen molar-refractivity contribution in [2.45, 2.75) is 18.1 Å². The number of ether oxygens (including phenoxy) is 2. The third-order valence-corrected chi connectivity index (χ3v) is 6.29. The van der Waals surface area contributed by atoms with Gasteiger partial charge in [0.2, 0.25) is 12.7 Å². The third kappa shape index (κ3) is 4.06. The highest BCUT2D eigenvalue weighted by Gasteiger charge is 2.24. The van der Waals surface area contributed by atoms with Crippen molar-refractivity contribution in [1.29, 1.82) is 0 Å². The predicted octanol–water partition coefficient (Wildman–Crippen LogP) is 3.57. The summed E-state index contributed by atoms with van der Waals surface area (Å²) in [5.74, 6) is 2.49. The fraction of sp³-hybridized carbons (Fsp3) is 0.350. The fourth-order valence-corrected chi connectivity index (χ4v) is 4.64. The quantitative estimate of drug-likeness (QED) is 0.576. The Morgan fingerprint density at radius 1 is 1.14 bits per heavy atom. The lowest BCUT2D eigenvalue weighted by Gasteiger charge is -2.20. The molecular formula is C20H20N2O5S. The number of amides is 1. The van der Waals surface area contributed by atoms with E-state index in [1.54, 1.807) is 12.1 Å². The summed E-state index contributed by atoms with van der Waals surface area (Å²) in [6, 6.07) is 12.2. The van der Waals surface area contributed by atoms with Gasteiger partial charge in [0, 0.05) is 36.2 Å². The van der Waals surface area contributed by atoms with Crippen molar-refractivity contribution in [1.82, 2.24) is 4.90 Å². The highest BCUT2D eigenvalue weighted by molar-refractivity contribution is 7.99. The summed E-state index contributed by atoms with van der Waals surface area (Å²) < 4.78 is 10.8. The maximum Gasteiger partial charge on any atom is 0.269 e. The summed E-state index contributed by atoms with van der Waals surface area (Å²) in [6.45, 7) is 1.66. The lowest BCUT2D eigenvalue weighted by Crippen LogP contribution is -2.34. The van der Waals surface area contributed by atoms with E-state index in [0.29, 0.717) is 18.3 Å². The normalized spacial score (nSPS) is 18.6. The number of nitrogens with zero attached hydrogens (tertiary/aromatic N) is 2. The van der Waals surface area contributed by atoms with Crippen molar-refractivity contribution in [3.8, 4) is 11.5 Å². The fourth-order valence-electron chi connectivity index (χ4n) is 3.42. The summed E-state index contributed by atoms with van der Waals surface area (Å²) in [7, 11) is 0. The van der Waals surface area contributed by atoms with Gasteiger partial charge < -0.3 is 14.4 Å². The van der Waals surface area contributed by atoms with E-state index in [2.05, 4.69) is 6.07 Å². The molecule has 0 bridgehead atoms. The first-order valence-electron chi connectivity index (χ1n) is 9.12. The molecule has 8 heteroatoms. The first-order chi connectivity index (χ1) is 13.6. The molecule has 2 aliphatic rings. The van der Waals surface area contributed by atoms with Gasteiger partial charge in [-0.3, -0.25) is 14.9 Å². The number of hydrogen-bond donors (Lipinski definition) is 0. The Morgan fingerprint density at radius 3 is 2.71 bits per heavy atom. The molecule has 2 aromatic rings. The molecular weight excluding hydrogens is 380 g/mol. The van der Waals surface area contributed by atoms with Crippen LogP contribution in [0.25, 0.3) is 0 Å². The zero-order valence-corrected chi connectivity index (χ0v) is 16.0. The topological polar surface area (TPSA) is 81.9 Å². The van der Waals surface area contributed by atoms with Gasteiger partial charge in [0.25, 0.3) is 5.69 Å². The summed E-state index contributed by atoms with van der Waals surface area (Å²) in [4.78, 5) is 24.9. The highest BCUT2D eigenvalue weighted by atomic mass is 32.2. The Labute approximate surface area is 166 Å². The Hall–Kier alpha value is -2.74. The molecule has 0 radical (unpaired) electrons. The average Bonchev–Trinajstić information content (AvgIpc) is 3.02. The van der Waals surface area contributed by atoms with Crippen molar-refractivity contribution in [2.24, 2.45) is 0 Å². The second-order valence-electron chi connectivity index (χ2n) is 6.74. The minimum Gasteiger partial charge on any atom is -0.454 e. The zero-order valence-electron chi connectivity index (χ0n) is 15.2. The van der Waals surface area contributed by atoms with Crippen LogP contribution in [-0.4, -0.2) is 41.4 Å². The number of fused-ring (bicyclic) bond motifs is 1. The number of nitro benzene ring substituents is 1. The maximum absolute atomic E-state index is 12.7. The number of benzene rings is 2. The SMILES string of the molecule is O=C(Cc1ccc([N+](=O)[O-])cc1)N1CCSC(c2ccc3c(c2)OCO3)CC1. The van der Waals surface area contributed by atoms with Crippen LogP contribution in [-0.2, 0) is 11.2 Å². The summed E-state index contributed by atoms with van der Waals surface area (Å²) >= 11 is 1.85. The zero-order chi connectivity index (χ0) is 19.5. The molecule has 0 aliphatic carbocycles. The molecule has 2 heterocycles. The molecule has 1 amide bonds. The molecule has 0 N–H and O–H groups in total. The van der Waals surface area contributed by atoms with Gasteiger partial charge in [0.05, 0.1) is 11.3 Å². The van der Waals surface area contributed by atoms with E-state index in [9.17, 15) is 14.9 Å². The Bertz CT molecular complexity index is 887.